The third kappa shape index (κ3) is 4.54. The first-order chi connectivity index (χ1) is 14.5. The summed E-state index contributed by atoms with van der Waals surface area (Å²) < 4.78 is 54.4. The summed E-state index contributed by atoms with van der Waals surface area (Å²) in [5.41, 5.74) is -2.87. The smallest absolute Gasteiger partial charge is 0.374 e. The van der Waals surface area contributed by atoms with Crippen molar-refractivity contribution in [3.8, 4) is 0 Å². The van der Waals surface area contributed by atoms with Crippen LogP contribution in [0, 0.1) is 0 Å². The molecular weight excluding hydrogens is 457 g/mol. The molecule has 0 aromatic heterocycles. The molecule has 1 amide bonds. The zero-order valence-electron chi connectivity index (χ0n) is 16.6. The number of amides is 1. The number of benzene rings is 2. The number of alkyl halides is 4. The first-order valence-electron chi connectivity index (χ1n) is 9.76. The average molecular weight is 478 g/mol. The van der Waals surface area contributed by atoms with Crippen LogP contribution >= 0.6 is 23.2 Å². The Kier molecular flexibility index (Phi) is 6.89. The molecule has 1 aliphatic rings. The summed E-state index contributed by atoms with van der Waals surface area (Å²) >= 11 is 12.3. The van der Waals surface area contributed by atoms with Crippen molar-refractivity contribution >= 4 is 34.8 Å². The van der Waals surface area contributed by atoms with Gasteiger partial charge < -0.3 is 10.0 Å². The number of nitrogens with zero attached hydrogens (tertiary/aromatic N) is 1. The number of carbonyl (C=O) groups is 1. The van der Waals surface area contributed by atoms with Gasteiger partial charge in [-0.1, -0.05) is 41.4 Å². The van der Waals surface area contributed by atoms with Gasteiger partial charge in [0, 0.05) is 22.3 Å². The van der Waals surface area contributed by atoms with E-state index in [9.17, 15) is 27.5 Å². The van der Waals surface area contributed by atoms with Crippen LogP contribution in [0.2, 0.25) is 10.0 Å². The fraction of sp³-hybridized carbons (Fsp3) is 0.409. The molecule has 1 N–H and O–H groups in total. The first-order valence-corrected chi connectivity index (χ1v) is 10.5. The van der Waals surface area contributed by atoms with Gasteiger partial charge in [0.2, 0.25) is 11.5 Å². The number of carbonyl (C=O) groups excluding carboxylic acids is 1. The number of hydrogen-bond acceptors (Lipinski definition) is 2. The third-order valence-electron chi connectivity index (χ3n) is 5.59. The number of fused-ring (bicyclic) bond motifs is 1. The number of aliphatic hydroxyl groups is 1. The van der Waals surface area contributed by atoms with Crippen molar-refractivity contribution in [2.45, 2.75) is 50.6 Å². The topological polar surface area (TPSA) is 40.5 Å². The largest absolute Gasteiger partial charge is 0.424 e. The maximum Gasteiger partial charge on any atom is 0.424 e. The number of anilines is 1. The minimum Gasteiger partial charge on any atom is -0.374 e. The van der Waals surface area contributed by atoms with Crippen LogP contribution in [-0.4, -0.2) is 29.9 Å². The number of hydrogen-bond donors (Lipinski definition) is 1. The molecule has 31 heavy (non-hydrogen) atoms. The van der Waals surface area contributed by atoms with Crippen LogP contribution in [-0.2, 0) is 23.2 Å². The molecule has 1 unspecified atom stereocenters. The fourth-order valence-corrected chi connectivity index (χ4v) is 4.35. The minimum absolute atomic E-state index is 0.0757. The van der Waals surface area contributed by atoms with E-state index in [1.54, 1.807) is 18.2 Å². The minimum atomic E-state index is -5.20. The lowest BCUT2D eigenvalue weighted by molar-refractivity contribution is -0.285. The lowest BCUT2D eigenvalue weighted by Crippen LogP contribution is -2.49. The molecule has 0 saturated carbocycles. The van der Waals surface area contributed by atoms with E-state index >= 15 is 0 Å². The summed E-state index contributed by atoms with van der Waals surface area (Å²) in [6, 6.07) is 8.41. The van der Waals surface area contributed by atoms with Crippen LogP contribution < -0.4 is 4.90 Å². The molecule has 2 aromatic carbocycles. The Morgan fingerprint density at radius 1 is 1.16 bits per heavy atom. The molecule has 1 aliphatic heterocycles. The Morgan fingerprint density at radius 2 is 1.81 bits per heavy atom. The quantitative estimate of drug-likeness (QED) is 0.547. The Morgan fingerprint density at radius 3 is 2.39 bits per heavy atom. The normalized spacial score (nSPS) is 17.5. The molecule has 2 atom stereocenters. The number of aryl methyl sites for hydroxylation is 1. The standard InChI is InChI=1S/C22H21Cl2F4NO2/c1-13(25)21(31,22(26,27)28)15-8-9-19-14(11-15)5-2-3-10-29(19)20(30)12-16-17(23)6-4-7-18(16)24/h4,6-9,11,13,31H,2-3,5,10,12H2,1H3/t13-,21?/m1/s1. The second-order valence-corrected chi connectivity index (χ2v) is 8.42. The van der Waals surface area contributed by atoms with E-state index in [4.69, 9.17) is 23.2 Å². The van der Waals surface area contributed by atoms with E-state index < -0.39 is 23.5 Å². The molecule has 0 aliphatic carbocycles. The molecule has 1 heterocycles. The van der Waals surface area contributed by atoms with E-state index in [2.05, 4.69) is 0 Å². The maximum absolute atomic E-state index is 13.9. The van der Waals surface area contributed by atoms with Crippen LogP contribution in [0.25, 0.3) is 0 Å². The fourth-order valence-electron chi connectivity index (χ4n) is 3.82. The molecule has 0 spiro atoms. The van der Waals surface area contributed by atoms with Crippen molar-refractivity contribution in [2.75, 3.05) is 11.4 Å². The molecule has 2 aromatic rings. The molecule has 0 radical (unpaired) electrons. The lowest BCUT2D eigenvalue weighted by atomic mass is 9.87. The van der Waals surface area contributed by atoms with Crippen molar-refractivity contribution in [2.24, 2.45) is 0 Å². The molecule has 168 valence electrons. The second kappa shape index (κ2) is 8.96. The Bertz CT molecular complexity index is 960. The van der Waals surface area contributed by atoms with E-state index in [0.29, 0.717) is 59.6 Å². The second-order valence-electron chi connectivity index (χ2n) is 7.60. The van der Waals surface area contributed by atoms with Crippen molar-refractivity contribution in [1.29, 1.82) is 0 Å². The predicted octanol–water partition coefficient (Wildman–Crippen LogP) is 6.01. The van der Waals surface area contributed by atoms with E-state index in [0.717, 1.165) is 12.1 Å². The molecule has 0 bridgehead atoms. The summed E-state index contributed by atoms with van der Waals surface area (Å²) in [5, 5.41) is 10.9. The highest BCUT2D eigenvalue weighted by Gasteiger charge is 2.59. The van der Waals surface area contributed by atoms with E-state index in [1.165, 1.54) is 11.0 Å². The van der Waals surface area contributed by atoms with Crippen molar-refractivity contribution < 1.29 is 27.5 Å². The predicted molar refractivity (Wildman–Crippen MR) is 112 cm³/mol. The summed E-state index contributed by atoms with van der Waals surface area (Å²) in [6.45, 7) is 1.04. The summed E-state index contributed by atoms with van der Waals surface area (Å²) in [4.78, 5) is 14.5. The Balaban J connectivity index is 1.99. The third-order valence-corrected chi connectivity index (χ3v) is 6.30. The summed E-state index contributed by atoms with van der Waals surface area (Å²) in [6.07, 6.45) is -6.19. The van der Waals surface area contributed by atoms with E-state index in [1.807, 2.05) is 0 Å². The summed E-state index contributed by atoms with van der Waals surface area (Å²) in [5.74, 6) is -0.309. The maximum atomic E-state index is 13.9. The highest BCUT2D eigenvalue weighted by atomic mass is 35.5. The molecule has 9 heteroatoms. The van der Waals surface area contributed by atoms with Gasteiger partial charge in [-0.25, -0.2) is 4.39 Å². The van der Waals surface area contributed by atoms with E-state index in [-0.39, 0.29) is 12.3 Å². The van der Waals surface area contributed by atoms with Gasteiger partial charge in [0.15, 0.2) is 0 Å². The lowest BCUT2D eigenvalue weighted by Gasteiger charge is -2.33. The SMILES string of the molecule is C[C@@H](F)C(O)(c1ccc2c(c1)CCCCN2C(=O)Cc1c(Cl)cccc1Cl)C(F)(F)F. The highest BCUT2D eigenvalue weighted by Crippen LogP contribution is 2.44. The van der Waals surface area contributed by atoms with Gasteiger partial charge in [0.05, 0.1) is 6.42 Å². The van der Waals surface area contributed by atoms with Gasteiger partial charge in [-0.15, -0.1) is 0 Å². The van der Waals surface area contributed by atoms with Gasteiger partial charge in [-0.2, -0.15) is 13.2 Å². The van der Waals surface area contributed by atoms with Crippen LogP contribution in [0.1, 0.15) is 36.5 Å². The molecule has 0 fully saturated rings. The van der Waals surface area contributed by atoms with Gasteiger partial charge in [0.1, 0.15) is 6.17 Å². The van der Waals surface area contributed by atoms with Gasteiger partial charge in [-0.3, -0.25) is 4.79 Å². The van der Waals surface area contributed by atoms with Crippen molar-refractivity contribution in [3.63, 3.8) is 0 Å². The van der Waals surface area contributed by atoms with Gasteiger partial charge in [-0.05, 0) is 61.1 Å². The number of rotatable bonds is 4. The van der Waals surface area contributed by atoms with Crippen molar-refractivity contribution in [3.05, 3.63) is 63.1 Å². The van der Waals surface area contributed by atoms with Crippen LogP contribution in [0.15, 0.2) is 36.4 Å². The summed E-state index contributed by atoms with van der Waals surface area (Å²) in [7, 11) is 0. The Hall–Kier alpha value is -1.83. The zero-order valence-corrected chi connectivity index (χ0v) is 18.2. The highest BCUT2D eigenvalue weighted by molar-refractivity contribution is 6.36. The molecular formula is C22H21Cl2F4NO2. The monoisotopic (exact) mass is 477 g/mol. The first kappa shape index (κ1) is 23.8. The zero-order chi connectivity index (χ0) is 23.0. The average Bonchev–Trinajstić information content (AvgIpc) is 2.91. The van der Waals surface area contributed by atoms with Crippen molar-refractivity contribution in [1.82, 2.24) is 0 Å². The molecule has 3 rings (SSSR count). The number of halogens is 6. The Labute approximate surface area is 187 Å². The van der Waals surface area contributed by atoms with Gasteiger partial charge in [0.25, 0.3) is 0 Å². The molecule has 3 nitrogen and oxygen atoms in total. The van der Waals surface area contributed by atoms with Crippen LogP contribution in [0.5, 0.6) is 0 Å². The van der Waals surface area contributed by atoms with Crippen LogP contribution in [0.4, 0.5) is 23.2 Å². The molecule has 0 saturated heterocycles. The van der Waals surface area contributed by atoms with Crippen LogP contribution in [0.3, 0.4) is 0 Å². The van der Waals surface area contributed by atoms with Gasteiger partial charge >= 0.3 is 6.18 Å².